The van der Waals surface area contributed by atoms with Gasteiger partial charge in [-0.1, -0.05) is 24.3 Å². The van der Waals surface area contributed by atoms with Gasteiger partial charge in [-0.2, -0.15) is 8.78 Å². The highest BCUT2D eigenvalue weighted by Crippen LogP contribution is 2.22. The minimum absolute atomic E-state index is 0.208. The SMILES string of the molecule is Cc1cc(C)cc(NCc2ccccc2OC(F)F)c1. The van der Waals surface area contributed by atoms with Crippen LogP contribution in [0.3, 0.4) is 0 Å². The molecule has 0 aliphatic rings. The molecule has 20 heavy (non-hydrogen) atoms. The van der Waals surface area contributed by atoms with Gasteiger partial charge in [-0.3, -0.25) is 0 Å². The molecule has 0 aromatic heterocycles. The van der Waals surface area contributed by atoms with Crippen molar-refractivity contribution in [3.05, 3.63) is 59.2 Å². The lowest BCUT2D eigenvalue weighted by molar-refractivity contribution is -0.0504. The average Bonchev–Trinajstić information content (AvgIpc) is 2.36. The van der Waals surface area contributed by atoms with E-state index in [2.05, 4.69) is 16.1 Å². The molecule has 0 heterocycles. The molecule has 0 aliphatic heterocycles. The first-order valence-corrected chi connectivity index (χ1v) is 6.39. The summed E-state index contributed by atoms with van der Waals surface area (Å²) in [7, 11) is 0. The van der Waals surface area contributed by atoms with E-state index in [1.54, 1.807) is 24.3 Å². The summed E-state index contributed by atoms with van der Waals surface area (Å²) in [5, 5.41) is 3.23. The van der Waals surface area contributed by atoms with Crippen LogP contribution in [-0.2, 0) is 6.54 Å². The average molecular weight is 277 g/mol. The summed E-state index contributed by atoms with van der Waals surface area (Å²) in [6.45, 7) is 1.67. The van der Waals surface area contributed by atoms with Crippen LogP contribution in [0.1, 0.15) is 16.7 Å². The van der Waals surface area contributed by atoms with Crippen molar-refractivity contribution in [1.29, 1.82) is 0 Å². The maximum absolute atomic E-state index is 12.3. The molecule has 0 unspecified atom stereocenters. The second-order valence-corrected chi connectivity index (χ2v) is 4.72. The van der Waals surface area contributed by atoms with E-state index in [1.807, 2.05) is 26.0 Å². The molecule has 0 saturated carbocycles. The van der Waals surface area contributed by atoms with Crippen LogP contribution in [0.5, 0.6) is 5.75 Å². The van der Waals surface area contributed by atoms with Crippen LogP contribution < -0.4 is 10.1 Å². The zero-order chi connectivity index (χ0) is 14.5. The first kappa shape index (κ1) is 14.3. The zero-order valence-corrected chi connectivity index (χ0v) is 11.5. The molecule has 0 aliphatic carbocycles. The van der Waals surface area contributed by atoms with Gasteiger partial charge in [0.05, 0.1) is 0 Å². The Labute approximate surface area is 117 Å². The molecule has 2 aromatic rings. The Bertz CT molecular complexity index is 564. The Morgan fingerprint density at radius 2 is 1.70 bits per heavy atom. The lowest BCUT2D eigenvalue weighted by Crippen LogP contribution is -2.07. The second-order valence-electron chi connectivity index (χ2n) is 4.72. The molecule has 0 amide bonds. The number of ether oxygens (including phenoxy) is 1. The lowest BCUT2D eigenvalue weighted by Gasteiger charge is -2.13. The molecule has 0 fully saturated rings. The minimum Gasteiger partial charge on any atom is -0.434 e. The highest BCUT2D eigenvalue weighted by molar-refractivity contribution is 5.49. The molecule has 1 N–H and O–H groups in total. The Morgan fingerprint density at radius 1 is 1.05 bits per heavy atom. The van der Waals surface area contributed by atoms with Crippen LogP contribution in [0.4, 0.5) is 14.5 Å². The maximum atomic E-state index is 12.3. The van der Waals surface area contributed by atoms with Crippen molar-refractivity contribution in [1.82, 2.24) is 0 Å². The summed E-state index contributed by atoms with van der Waals surface area (Å²) in [4.78, 5) is 0. The Kier molecular flexibility index (Phi) is 4.56. The maximum Gasteiger partial charge on any atom is 0.387 e. The van der Waals surface area contributed by atoms with E-state index in [0.29, 0.717) is 12.1 Å². The van der Waals surface area contributed by atoms with Crippen LogP contribution in [0.25, 0.3) is 0 Å². The molecule has 106 valence electrons. The summed E-state index contributed by atoms with van der Waals surface area (Å²) in [6.07, 6.45) is 0. The van der Waals surface area contributed by atoms with Crippen LogP contribution in [0, 0.1) is 13.8 Å². The zero-order valence-electron chi connectivity index (χ0n) is 11.5. The van der Waals surface area contributed by atoms with E-state index in [-0.39, 0.29) is 5.75 Å². The number of aryl methyl sites for hydroxylation is 2. The van der Waals surface area contributed by atoms with E-state index >= 15 is 0 Å². The molecular weight excluding hydrogens is 260 g/mol. The fourth-order valence-corrected chi connectivity index (χ4v) is 2.13. The summed E-state index contributed by atoms with van der Waals surface area (Å²) >= 11 is 0. The largest absolute Gasteiger partial charge is 0.434 e. The van der Waals surface area contributed by atoms with Gasteiger partial charge in [-0.05, 0) is 43.2 Å². The third-order valence-corrected chi connectivity index (χ3v) is 2.89. The summed E-state index contributed by atoms with van der Waals surface area (Å²) in [5.74, 6) is 0.208. The van der Waals surface area contributed by atoms with Gasteiger partial charge in [0, 0.05) is 17.8 Å². The minimum atomic E-state index is -2.81. The van der Waals surface area contributed by atoms with Gasteiger partial charge in [0.1, 0.15) is 5.75 Å². The first-order chi connectivity index (χ1) is 9.54. The smallest absolute Gasteiger partial charge is 0.387 e. The molecule has 2 nitrogen and oxygen atoms in total. The fourth-order valence-electron chi connectivity index (χ4n) is 2.13. The predicted octanol–water partition coefficient (Wildman–Crippen LogP) is 4.52. The molecule has 2 rings (SSSR count). The number of anilines is 1. The normalized spacial score (nSPS) is 10.7. The van der Waals surface area contributed by atoms with Crippen LogP contribution in [0.15, 0.2) is 42.5 Å². The predicted molar refractivity (Wildman–Crippen MR) is 76.3 cm³/mol. The van der Waals surface area contributed by atoms with Gasteiger partial charge < -0.3 is 10.1 Å². The van der Waals surface area contributed by atoms with Gasteiger partial charge in [0.15, 0.2) is 0 Å². The topological polar surface area (TPSA) is 21.3 Å². The molecule has 0 radical (unpaired) electrons. The van der Waals surface area contributed by atoms with E-state index in [0.717, 1.165) is 16.8 Å². The van der Waals surface area contributed by atoms with Crippen molar-refractivity contribution in [3.63, 3.8) is 0 Å². The number of rotatable bonds is 5. The number of para-hydroxylation sites is 1. The van der Waals surface area contributed by atoms with Gasteiger partial charge in [0.25, 0.3) is 0 Å². The third kappa shape index (κ3) is 3.95. The van der Waals surface area contributed by atoms with E-state index in [4.69, 9.17) is 0 Å². The Balaban J connectivity index is 2.10. The standard InChI is InChI=1S/C16H17F2NO/c1-11-7-12(2)9-14(8-11)19-10-13-5-3-4-6-15(13)20-16(17)18/h3-9,16,19H,10H2,1-2H3. The molecule has 0 bridgehead atoms. The third-order valence-electron chi connectivity index (χ3n) is 2.89. The quantitative estimate of drug-likeness (QED) is 0.867. The molecule has 4 heteroatoms. The Morgan fingerprint density at radius 3 is 2.35 bits per heavy atom. The van der Waals surface area contributed by atoms with Crippen molar-refractivity contribution in [3.8, 4) is 5.75 Å². The van der Waals surface area contributed by atoms with Crippen molar-refractivity contribution < 1.29 is 13.5 Å². The van der Waals surface area contributed by atoms with Gasteiger partial charge in [0.2, 0.25) is 0 Å². The summed E-state index contributed by atoms with van der Waals surface area (Å²) in [6, 6.07) is 12.9. The van der Waals surface area contributed by atoms with E-state index in [9.17, 15) is 8.78 Å². The number of hydrogen-bond donors (Lipinski definition) is 1. The molecule has 0 saturated heterocycles. The molecular formula is C16H17F2NO. The van der Waals surface area contributed by atoms with Crippen LogP contribution >= 0.6 is 0 Å². The number of hydrogen-bond acceptors (Lipinski definition) is 2. The van der Waals surface area contributed by atoms with Gasteiger partial charge in [-0.15, -0.1) is 0 Å². The van der Waals surface area contributed by atoms with Crippen molar-refractivity contribution in [2.45, 2.75) is 27.0 Å². The number of nitrogens with one attached hydrogen (secondary N) is 1. The van der Waals surface area contributed by atoms with E-state index in [1.165, 1.54) is 0 Å². The van der Waals surface area contributed by atoms with E-state index < -0.39 is 6.61 Å². The fraction of sp³-hybridized carbons (Fsp3) is 0.250. The number of benzene rings is 2. The number of alkyl halides is 2. The Hall–Kier alpha value is -2.10. The van der Waals surface area contributed by atoms with Gasteiger partial charge in [-0.25, -0.2) is 0 Å². The highest BCUT2D eigenvalue weighted by atomic mass is 19.3. The van der Waals surface area contributed by atoms with Crippen LogP contribution in [0.2, 0.25) is 0 Å². The highest BCUT2D eigenvalue weighted by Gasteiger charge is 2.08. The first-order valence-electron chi connectivity index (χ1n) is 6.39. The lowest BCUT2D eigenvalue weighted by atomic mass is 10.1. The van der Waals surface area contributed by atoms with Crippen molar-refractivity contribution in [2.75, 3.05) is 5.32 Å². The van der Waals surface area contributed by atoms with Crippen molar-refractivity contribution >= 4 is 5.69 Å². The van der Waals surface area contributed by atoms with Gasteiger partial charge >= 0.3 is 6.61 Å². The summed E-state index contributed by atoms with van der Waals surface area (Å²) < 4.78 is 29.2. The monoisotopic (exact) mass is 277 g/mol. The van der Waals surface area contributed by atoms with Crippen molar-refractivity contribution in [2.24, 2.45) is 0 Å². The van der Waals surface area contributed by atoms with Crippen LogP contribution in [-0.4, -0.2) is 6.61 Å². The molecule has 2 aromatic carbocycles. The molecule has 0 atom stereocenters. The summed E-state index contributed by atoms with van der Waals surface area (Å²) in [5.41, 5.74) is 3.98. The number of halogens is 2. The second kappa shape index (κ2) is 6.37. The molecule has 0 spiro atoms.